The fourth-order valence-electron chi connectivity index (χ4n) is 4.44. The van der Waals surface area contributed by atoms with E-state index in [-0.39, 0.29) is 34.0 Å². The molecule has 1 atom stereocenters. The first-order valence-electron chi connectivity index (χ1n) is 11.0. The fraction of sp³-hybridized carbons (Fsp3) is 0.200. The Morgan fingerprint density at radius 1 is 1.12 bits per heavy atom. The van der Waals surface area contributed by atoms with E-state index in [4.69, 9.17) is 11.6 Å². The first-order valence-corrected chi connectivity index (χ1v) is 12.8. The number of benzene rings is 2. The number of nitrogens with zero attached hydrogens (tertiary/aromatic N) is 2. The van der Waals surface area contributed by atoms with Crippen LogP contribution in [0, 0.1) is 0 Å². The van der Waals surface area contributed by atoms with Gasteiger partial charge in [-0.15, -0.1) is 0 Å². The molecule has 3 heterocycles. The number of anilines is 1. The number of carbonyl (C=O) groups is 1. The number of carbonyl (C=O) groups excluding carboxylic acids is 1. The summed E-state index contributed by atoms with van der Waals surface area (Å²) in [7, 11) is -3.91. The second-order valence-electron chi connectivity index (χ2n) is 8.36. The normalized spacial score (nSPS) is 16.7. The van der Waals surface area contributed by atoms with Crippen LogP contribution in [-0.4, -0.2) is 48.8 Å². The monoisotopic (exact) mass is 494 g/mol. The number of H-pyrrole nitrogens is 1. The molecule has 1 aliphatic rings. The van der Waals surface area contributed by atoms with Gasteiger partial charge in [0.05, 0.1) is 11.4 Å². The van der Waals surface area contributed by atoms with E-state index < -0.39 is 9.84 Å². The Balaban J connectivity index is 1.41. The van der Waals surface area contributed by atoms with Gasteiger partial charge in [-0.05, 0) is 55.4 Å². The van der Waals surface area contributed by atoms with Crippen molar-refractivity contribution in [1.82, 2.24) is 14.9 Å². The Bertz CT molecular complexity index is 1440. The number of hydrogen-bond donors (Lipinski definition) is 2. The van der Waals surface area contributed by atoms with Crippen molar-refractivity contribution in [3.05, 3.63) is 83.6 Å². The highest BCUT2D eigenvalue weighted by molar-refractivity contribution is 7.92. The van der Waals surface area contributed by atoms with E-state index in [1.807, 2.05) is 18.2 Å². The Kier molecular flexibility index (Phi) is 6.12. The van der Waals surface area contributed by atoms with E-state index in [9.17, 15) is 13.2 Å². The number of pyridine rings is 1. The summed E-state index contributed by atoms with van der Waals surface area (Å²) in [6.45, 7) is 1.65. The summed E-state index contributed by atoms with van der Waals surface area (Å²) < 4.78 is 27.1. The van der Waals surface area contributed by atoms with Crippen LogP contribution in [0.4, 0.5) is 5.82 Å². The molecule has 1 aliphatic heterocycles. The molecule has 7 nitrogen and oxygen atoms in total. The van der Waals surface area contributed by atoms with Crippen molar-refractivity contribution >= 4 is 44.1 Å². The van der Waals surface area contributed by atoms with Gasteiger partial charge in [0.25, 0.3) is 0 Å². The van der Waals surface area contributed by atoms with Crippen molar-refractivity contribution in [1.29, 1.82) is 0 Å². The topological polar surface area (TPSA) is 95.2 Å². The maximum Gasteiger partial charge on any atom is 0.239 e. The minimum absolute atomic E-state index is 0.0114. The third kappa shape index (κ3) is 4.44. The Labute approximate surface area is 202 Å². The number of sulfone groups is 1. The molecule has 2 aromatic heterocycles. The molecule has 0 saturated carbocycles. The highest BCUT2D eigenvalue weighted by atomic mass is 35.5. The lowest BCUT2D eigenvalue weighted by Gasteiger charge is -2.16. The first kappa shape index (κ1) is 22.6. The number of amides is 1. The average molecular weight is 495 g/mol. The van der Waals surface area contributed by atoms with Crippen molar-refractivity contribution in [2.24, 2.45) is 0 Å². The molecular weight excluding hydrogens is 472 g/mol. The molecule has 1 saturated heterocycles. The van der Waals surface area contributed by atoms with Gasteiger partial charge in [-0.1, -0.05) is 35.9 Å². The molecule has 0 bridgehead atoms. The molecule has 1 amide bonds. The molecule has 0 spiro atoms. The Morgan fingerprint density at radius 2 is 1.91 bits per heavy atom. The third-order valence-electron chi connectivity index (χ3n) is 6.05. The molecular formula is C25H23ClN4O3S. The van der Waals surface area contributed by atoms with E-state index in [1.165, 1.54) is 12.1 Å². The van der Waals surface area contributed by atoms with Crippen LogP contribution in [0.25, 0.3) is 10.9 Å². The summed E-state index contributed by atoms with van der Waals surface area (Å²) >= 11 is 6.17. The summed E-state index contributed by atoms with van der Waals surface area (Å²) in [6.07, 6.45) is 2.70. The molecule has 2 N–H and O–H groups in total. The van der Waals surface area contributed by atoms with Crippen LogP contribution >= 0.6 is 11.6 Å². The molecule has 5 rings (SSSR count). The van der Waals surface area contributed by atoms with Gasteiger partial charge >= 0.3 is 0 Å². The first-order chi connectivity index (χ1) is 16.4. The summed E-state index contributed by atoms with van der Waals surface area (Å²) in [6, 6.07) is 19.0. The van der Waals surface area contributed by atoms with Gasteiger partial charge in [-0.25, -0.2) is 8.42 Å². The maximum absolute atomic E-state index is 13.5. The molecule has 174 valence electrons. The Hall–Kier alpha value is -3.20. The second-order valence-corrected chi connectivity index (χ2v) is 10.7. The van der Waals surface area contributed by atoms with Crippen molar-refractivity contribution in [3.8, 4) is 0 Å². The highest BCUT2D eigenvalue weighted by Gasteiger charge is 2.29. The van der Waals surface area contributed by atoms with E-state index in [0.717, 1.165) is 25.2 Å². The van der Waals surface area contributed by atoms with Gasteiger partial charge in [0.1, 0.15) is 10.7 Å². The fourth-order valence-corrected chi connectivity index (χ4v) is 6.19. The lowest BCUT2D eigenvalue weighted by Crippen LogP contribution is -2.32. The predicted molar refractivity (Wildman–Crippen MR) is 132 cm³/mol. The van der Waals surface area contributed by atoms with Crippen LogP contribution in [0.5, 0.6) is 0 Å². The van der Waals surface area contributed by atoms with Crippen LogP contribution in [-0.2, 0) is 14.6 Å². The number of nitrogens with one attached hydrogen (secondary N) is 2. The van der Waals surface area contributed by atoms with Crippen molar-refractivity contribution < 1.29 is 13.2 Å². The average Bonchev–Trinajstić information content (AvgIpc) is 3.44. The third-order valence-corrected chi connectivity index (χ3v) is 8.13. The Morgan fingerprint density at radius 3 is 2.68 bits per heavy atom. The maximum atomic E-state index is 13.5. The minimum Gasteiger partial charge on any atom is -0.340 e. The quantitative estimate of drug-likeness (QED) is 0.412. The number of aromatic amines is 1. The zero-order valence-electron chi connectivity index (χ0n) is 18.2. The van der Waals surface area contributed by atoms with E-state index in [1.54, 1.807) is 42.6 Å². The van der Waals surface area contributed by atoms with Gasteiger partial charge < -0.3 is 10.3 Å². The molecule has 4 aromatic rings. The highest BCUT2D eigenvalue weighted by Crippen LogP contribution is 2.36. The summed E-state index contributed by atoms with van der Waals surface area (Å²) in [4.78, 5) is 22.7. The smallest absolute Gasteiger partial charge is 0.239 e. The summed E-state index contributed by atoms with van der Waals surface area (Å²) in [5.41, 5.74) is 1.60. The summed E-state index contributed by atoms with van der Waals surface area (Å²) in [5.74, 6) is 0.133. The van der Waals surface area contributed by atoms with Gasteiger partial charge in [0.15, 0.2) is 0 Å². The van der Waals surface area contributed by atoms with E-state index in [2.05, 4.69) is 20.2 Å². The summed E-state index contributed by atoms with van der Waals surface area (Å²) in [5, 5.41) is 3.64. The lowest BCUT2D eigenvalue weighted by atomic mass is 10.0. The van der Waals surface area contributed by atoms with Crippen molar-refractivity contribution in [2.45, 2.75) is 22.1 Å². The number of hydrogen-bond acceptors (Lipinski definition) is 5. The number of fused-ring (bicyclic) bond motifs is 1. The predicted octanol–water partition coefficient (Wildman–Crippen LogP) is 4.48. The number of rotatable bonds is 6. The number of halogens is 1. The van der Waals surface area contributed by atoms with Gasteiger partial charge in [0.2, 0.25) is 15.7 Å². The molecule has 9 heteroatoms. The van der Waals surface area contributed by atoms with Gasteiger partial charge in [-0.2, -0.15) is 0 Å². The molecule has 0 radical (unpaired) electrons. The zero-order chi connectivity index (χ0) is 23.7. The van der Waals surface area contributed by atoms with Gasteiger partial charge in [0, 0.05) is 40.3 Å². The van der Waals surface area contributed by atoms with Crippen molar-refractivity contribution in [2.75, 3.05) is 25.0 Å². The SMILES string of the molecule is O=C(CN1CCC(c2ccccn2)C1)Nc1[nH]c2ccc(Cl)cc2c1S(=O)(=O)c1ccccc1. The van der Waals surface area contributed by atoms with Crippen LogP contribution in [0.1, 0.15) is 18.0 Å². The van der Waals surface area contributed by atoms with Gasteiger partial charge in [-0.3, -0.25) is 14.7 Å². The second kappa shape index (κ2) is 9.21. The van der Waals surface area contributed by atoms with E-state index in [0.29, 0.717) is 15.9 Å². The molecule has 0 aliphatic carbocycles. The largest absolute Gasteiger partial charge is 0.340 e. The molecule has 34 heavy (non-hydrogen) atoms. The van der Waals surface area contributed by atoms with Crippen LogP contribution in [0.15, 0.2) is 82.7 Å². The number of aromatic nitrogens is 2. The molecule has 1 unspecified atom stereocenters. The molecule has 1 fully saturated rings. The minimum atomic E-state index is -3.91. The van der Waals surface area contributed by atoms with Crippen LogP contribution < -0.4 is 5.32 Å². The number of likely N-dealkylation sites (tertiary alicyclic amines) is 1. The van der Waals surface area contributed by atoms with Crippen molar-refractivity contribution in [3.63, 3.8) is 0 Å². The zero-order valence-corrected chi connectivity index (χ0v) is 19.8. The van der Waals surface area contributed by atoms with Crippen LogP contribution in [0.2, 0.25) is 5.02 Å². The van der Waals surface area contributed by atoms with E-state index >= 15 is 0 Å². The molecule has 2 aromatic carbocycles. The standard InChI is InChI=1S/C25H23ClN4O3S/c26-18-9-10-22-20(14-18)24(34(32,33)19-6-2-1-3-7-19)25(28-22)29-23(31)16-30-13-11-17(15-30)21-8-4-5-12-27-21/h1-10,12,14,17,28H,11,13,15-16H2,(H,29,31). The lowest BCUT2D eigenvalue weighted by molar-refractivity contribution is -0.117. The van der Waals surface area contributed by atoms with Crippen LogP contribution in [0.3, 0.4) is 0 Å².